The molecule has 0 radical (unpaired) electrons. The van der Waals surface area contributed by atoms with E-state index < -0.39 is 0 Å². The van der Waals surface area contributed by atoms with Crippen LogP contribution in [-0.2, 0) is 4.79 Å². The summed E-state index contributed by atoms with van der Waals surface area (Å²) in [5, 5.41) is 0. The molecule has 0 aliphatic carbocycles. The van der Waals surface area contributed by atoms with Crippen LogP contribution in [0.5, 0.6) is 0 Å². The lowest BCUT2D eigenvalue weighted by Gasteiger charge is -2.29. The third kappa shape index (κ3) is 2.76. The predicted molar refractivity (Wildman–Crippen MR) is 67.4 cm³/mol. The van der Waals surface area contributed by atoms with Crippen molar-refractivity contribution in [1.82, 2.24) is 4.90 Å². The number of carbonyl (C=O) groups excluding carboxylic acids is 1. The molecule has 3 atom stereocenters. The highest BCUT2D eigenvalue weighted by Gasteiger charge is 2.41. The first-order valence-electron chi connectivity index (χ1n) is 6.00. The number of hydrogen-bond acceptors (Lipinski definition) is 3. The summed E-state index contributed by atoms with van der Waals surface area (Å²) in [6, 6.07) is 0.890. The molecule has 0 aromatic rings. The van der Waals surface area contributed by atoms with E-state index in [-0.39, 0.29) is 6.04 Å². The summed E-state index contributed by atoms with van der Waals surface area (Å²) in [7, 11) is 2.11. The maximum Gasteiger partial charge on any atom is 0.146 e. The summed E-state index contributed by atoms with van der Waals surface area (Å²) in [6.45, 7) is 5.73. The first-order valence-corrected chi connectivity index (χ1v) is 7.15. The Morgan fingerprint density at radius 1 is 1.40 bits per heavy atom. The van der Waals surface area contributed by atoms with Gasteiger partial charge in [-0.2, -0.15) is 11.8 Å². The van der Waals surface area contributed by atoms with Gasteiger partial charge in [0, 0.05) is 11.8 Å². The van der Waals surface area contributed by atoms with Crippen molar-refractivity contribution in [3.8, 4) is 0 Å². The molecule has 0 amide bonds. The molecule has 3 unspecified atom stereocenters. The van der Waals surface area contributed by atoms with Gasteiger partial charge in [-0.25, -0.2) is 0 Å². The van der Waals surface area contributed by atoms with Crippen molar-refractivity contribution in [1.29, 1.82) is 0 Å². The van der Waals surface area contributed by atoms with Gasteiger partial charge in [0.25, 0.3) is 0 Å². The van der Waals surface area contributed by atoms with Crippen LogP contribution in [0.15, 0.2) is 0 Å². The Morgan fingerprint density at radius 3 is 2.60 bits per heavy atom. The second kappa shape index (κ2) is 5.90. The molecule has 15 heavy (non-hydrogen) atoms. The highest BCUT2D eigenvalue weighted by molar-refractivity contribution is 7.99. The molecule has 0 bridgehead atoms. The fourth-order valence-corrected chi connectivity index (χ4v) is 4.01. The standard InChI is InChI=1S/C10H17NOS.C2H6/c1-7(12)9-5-8-3-4-13-6-10(8)11(9)2;1-2/h8-10H,3-6H2,1-2H3;1-2H3. The average molecular weight is 229 g/mol. The van der Waals surface area contributed by atoms with Crippen LogP contribution in [0.25, 0.3) is 0 Å². The van der Waals surface area contributed by atoms with Crippen molar-refractivity contribution in [2.75, 3.05) is 18.6 Å². The molecule has 2 aliphatic heterocycles. The monoisotopic (exact) mass is 229 g/mol. The largest absolute Gasteiger partial charge is 0.298 e. The van der Waals surface area contributed by atoms with Crippen molar-refractivity contribution in [2.24, 2.45) is 5.92 Å². The summed E-state index contributed by atoms with van der Waals surface area (Å²) in [5.74, 6) is 3.66. The molecule has 0 aromatic heterocycles. The number of fused-ring (bicyclic) bond motifs is 1. The van der Waals surface area contributed by atoms with Gasteiger partial charge < -0.3 is 0 Å². The van der Waals surface area contributed by atoms with Crippen molar-refractivity contribution in [3.05, 3.63) is 0 Å². The molecule has 2 aliphatic rings. The number of likely N-dealkylation sites (N-methyl/N-ethyl adjacent to an activating group) is 1. The van der Waals surface area contributed by atoms with Crippen molar-refractivity contribution in [3.63, 3.8) is 0 Å². The molecule has 2 rings (SSSR count). The number of carbonyl (C=O) groups is 1. The van der Waals surface area contributed by atoms with Crippen molar-refractivity contribution < 1.29 is 4.79 Å². The summed E-state index contributed by atoms with van der Waals surface area (Å²) < 4.78 is 0. The first-order chi connectivity index (χ1) is 7.20. The molecule has 2 fully saturated rings. The smallest absolute Gasteiger partial charge is 0.146 e. The third-order valence-corrected chi connectivity index (χ3v) is 4.58. The third-order valence-electron chi connectivity index (χ3n) is 3.48. The quantitative estimate of drug-likeness (QED) is 0.689. The minimum absolute atomic E-state index is 0.216. The molecular formula is C12H23NOS. The summed E-state index contributed by atoms with van der Waals surface area (Å²) in [5.41, 5.74) is 0. The number of Topliss-reactive ketones (excluding diaryl/α,β-unsaturated/α-hetero) is 1. The highest BCUT2D eigenvalue weighted by Crippen LogP contribution is 2.37. The second-order valence-corrected chi connectivity index (χ2v) is 5.37. The van der Waals surface area contributed by atoms with E-state index in [1.165, 1.54) is 17.9 Å². The second-order valence-electron chi connectivity index (χ2n) is 4.22. The zero-order valence-corrected chi connectivity index (χ0v) is 11.1. The average Bonchev–Trinajstić information content (AvgIpc) is 2.60. The summed E-state index contributed by atoms with van der Waals surface area (Å²) in [4.78, 5) is 13.7. The van der Waals surface area contributed by atoms with E-state index in [4.69, 9.17) is 0 Å². The number of ketones is 1. The predicted octanol–water partition coefficient (Wildman–Crippen LogP) is 2.43. The van der Waals surface area contributed by atoms with Gasteiger partial charge >= 0.3 is 0 Å². The molecule has 2 saturated heterocycles. The van der Waals surface area contributed by atoms with Crippen molar-refractivity contribution >= 4 is 17.5 Å². The molecule has 0 N–H and O–H groups in total. The van der Waals surface area contributed by atoms with E-state index >= 15 is 0 Å². The Kier molecular flexibility index (Phi) is 5.13. The number of hydrogen-bond donors (Lipinski definition) is 0. The van der Waals surface area contributed by atoms with Crippen LogP contribution < -0.4 is 0 Å². The SMILES string of the molecule is CC.CC(=O)C1CC2CCSCC2N1C. The minimum Gasteiger partial charge on any atom is -0.298 e. The van der Waals surface area contributed by atoms with Gasteiger partial charge in [0.2, 0.25) is 0 Å². The molecule has 3 heteroatoms. The van der Waals surface area contributed by atoms with E-state index in [1.54, 1.807) is 6.92 Å². The Morgan fingerprint density at radius 2 is 2.07 bits per heavy atom. The zero-order valence-electron chi connectivity index (χ0n) is 10.3. The number of likely N-dealkylation sites (tertiary alicyclic amines) is 1. The molecule has 0 saturated carbocycles. The zero-order chi connectivity index (χ0) is 11.4. The Hall–Kier alpha value is -0.0200. The summed E-state index contributed by atoms with van der Waals surface area (Å²) in [6.07, 6.45) is 2.42. The van der Waals surface area contributed by atoms with E-state index in [2.05, 4.69) is 11.9 Å². The Balaban J connectivity index is 0.000000531. The number of rotatable bonds is 1. The van der Waals surface area contributed by atoms with E-state index in [1.807, 2.05) is 25.6 Å². The van der Waals surface area contributed by atoms with E-state index in [0.29, 0.717) is 11.8 Å². The fourth-order valence-electron chi connectivity index (χ4n) is 2.63. The van der Waals surface area contributed by atoms with E-state index in [9.17, 15) is 4.79 Å². The lowest BCUT2D eigenvalue weighted by Crippen LogP contribution is -2.40. The van der Waals surface area contributed by atoms with Gasteiger partial charge in [-0.3, -0.25) is 9.69 Å². The van der Waals surface area contributed by atoms with Crippen LogP contribution >= 0.6 is 11.8 Å². The molecule has 2 nitrogen and oxygen atoms in total. The fraction of sp³-hybridized carbons (Fsp3) is 0.917. The number of nitrogens with zero attached hydrogens (tertiary/aromatic N) is 1. The van der Waals surface area contributed by atoms with Crippen LogP contribution in [0.1, 0.15) is 33.6 Å². The minimum atomic E-state index is 0.216. The topological polar surface area (TPSA) is 20.3 Å². The maximum absolute atomic E-state index is 11.4. The molecule has 0 spiro atoms. The van der Waals surface area contributed by atoms with Gasteiger partial charge in [-0.1, -0.05) is 13.8 Å². The van der Waals surface area contributed by atoms with Crippen LogP contribution in [-0.4, -0.2) is 41.3 Å². The van der Waals surface area contributed by atoms with Crippen LogP contribution in [0.3, 0.4) is 0 Å². The lowest BCUT2D eigenvalue weighted by atomic mass is 9.96. The highest BCUT2D eigenvalue weighted by atomic mass is 32.2. The van der Waals surface area contributed by atoms with Crippen LogP contribution in [0.2, 0.25) is 0 Å². The van der Waals surface area contributed by atoms with Crippen LogP contribution in [0, 0.1) is 5.92 Å². The van der Waals surface area contributed by atoms with Crippen molar-refractivity contribution in [2.45, 2.75) is 45.7 Å². The van der Waals surface area contributed by atoms with Gasteiger partial charge in [-0.15, -0.1) is 0 Å². The molecule has 88 valence electrons. The van der Waals surface area contributed by atoms with Gasteiger partial charge in [0.15, 0.2) is 0 Å². The Bertz CT molecular complexity index is 220. The Labute approximate surface area is 97.8 Å². The lowest BCUT2D eigenvalue weighted by molar-refractivity contribution is -0.121. The molecular weight excluding hydrogens is 206 g/mol. The molecule has 2 heterocycles. The van der Waals surface area contributed by atoms with Crippen LogP contribution in [0.4, 0.5) is 0 Å². The first kappa shape index (κ1) is 13.0. The maximum atomic E-state index is 11.4. The van der Waals surface area contributed by atoms with Gasteiger partial charge in [0.05, 0.1) is 6.04 Å². The normalized spacial score (nSPS) is 35.3. The van der Waals surface area contributed by atoms with Gasteiger partial charge in [-0.05, 0) is 38.5 Å². The van der Waals surface area contributed by atoms with Gasteiger partial charge in [0.1, 0.15) is 5.78 Å². The van der Waals surface area contributed by atoms with E-state index in [0.717, 1.165) is 12.3 Å². The summed E-state index contributed by atoms with van der Waals surface area (Å²) >= 11 is 2.04. The number of thioether (sulfide) groups is 1. The molecule has 0 aromatic carbocycles.